The average molecular weight is 194 g/mol. The summed E-state index contributed by atoms with van der Waals surface area (Å²) in [5.74, 6) is 0.323. The third-order valence-corrected chi connectivity index (χ3v) is 3.59. The molecule has 2 atom stereocenters. The van der Waals surface area contributed by atoms with Gasteiger partial charge in [-0.2, -0.15) is 0 Å². The molecule has 2 unspecified atom stereocenters. The van der Waals surface area contributed by atoms with Crippen LogP contribution in [0.4, 0.5) is 0 Å². The van der Waals surface area contributed by atoms with Crippen LogP contribution in [0.1, 0.15) is 27.2 Å². The van der Waals surface area contributed by atoms with E-state index in [1.807, 2.05) is 13.8 Å². The molecule has 4 heteroatoms. The van der Waals surface area contributed by atoms with Crippen LogP contribution in [-0.4, -0.2) is 31.1 Å². The molecule has 0 rings (SSSR count). The maximum absolute atomic E-state index is 11.0. The fourth-order valence-electron chi connectivity index (χ4n) is 0.960. The highest BCUT2D eigenvalue weighted by Gasteiger charge is 2.24. The van der Waals surface area contributed by atoms with E-state index in [4.69, 9.17) is 0 Å². The minimum Gasteiger partial charge on any atom is -0.392 e. The normalized spacial score (nSPS) is 17.8. The Labute approximate surface area is 74.7 Å². The first-order valence-electron chi connectivity index (χ1n) is 4.12. The third-order valence-electron chi connectivity index (χ3n) is 1.93. The molecule has 0 radical (unpaired) electrons. The summed E-state index contributed by atoms with van der Waals surface area (Å²) in [6.45, 7) is 5.46. The summed E-state index contributed by atoms with van der Waals surface area (Å²) >= 11 is 0. The topological polar surface area (TPSA) is 54.4 Å². The van der Waals surface area contributed by atoms with Gasteiger partial charge in [-0.15, -0.1) is 0 Å². The Hall–Kier alpha value is -0.0900. The standard InChI is InChI=1S/C8H18O3S/c1-6(2)5-8(9)7(3)12(4,10)11/h6-9H,5H2,1-4H3. The van der Waals surface area contributed by atoms with Gasteiger partial charge in [0.25, 0.3) is 0 Å². The molecular weight excluding hydrogens is 176 g/mol. The summed E-state index contributed by atoms with van der Waals surface area (Å²) in [4.78, 5) is 0. The van der Waals surface area contributed by atoms with E-state index in [9.17, 15) is 13.5 Å². The maximum atomic E-state index is 11.0. The molecule has 0 amide bonds. The fraction of sp³-hybridized carbons (Fsp3) is 1.00. The van der Waals surface area contributed by atoms with E-state index in [0.29, 0.717) is 12.3 Å². The lowest BCUT2D eigenvalue weighted by Crippen LogP contribution is -2.31. The van der Waals surface area contributed by atoms with Gasteiger partial charge in [0.05, 0.1) is 11.4 Å². The zero-order valence-corrected chi connectivity index (χ0v) is 8.93. The Morgan fingerprint density at radius 2 is 1.67 bits per heavy atom. The Kier molecular flexibility index (Phi) is 4.20. The Balaban J connectivity index is 4.21. The van der Waals surface area contributed by atoms with Gasteiger partial charge < -0.3 is 5.11 Å². The zero-order valence-electron chi connectivity index (χ0n) is 8.11. The number of aliphatic hydroxyl groups excluding tert-OH is 1. The van der Waals surface area contributed by atoms with E-state index in [-0.39, 0.29) is 0 Å². The lowest BCUT2D eigenvalue weighted by molar-refractivity contribution is 0.147. The van der Waals surface area contributed by atoms with Crippen LogP contribution < -0.4 is 0 Å². The van der Waals surface area contributed by atoms with Gasteiger partial charge in [0.1, 0.15) is 0 Å². The first-order valence-corrected chi connectivity index (χ1v) is 6.07. The average Bonchev–Trinajstić information content (AvgIpc) is 1.82. The zero-order chi connectivity index (χ0) is 9.94. The van der Waals surface area contributed by atoms with E-state index in [0.717, 1.165) is 6.26 Å². The Morgan fingerprint density at radius 3 is 1.92 bits per heavy atom. The molecule has 0 heterocycles. The summed E-state index contributed by atoms with van der Waals surface area (Å²) < 4.78 is 22.0. The molecule has 0 aliphatic rings. The molecule has 12 heavy (non-hydrogen) atoms. The molecule has 0 saturated heterocycles. The van der Waals surface area contributed by atoms with Crippen LogP contribution in [0, 0.1) is 5.92 Å². The smallest absolute Gasteiger partial charge is 0.152 e. The molecule has 0 aromatic carbocycles. The first-order chi connectivity index (χ1) is 5.25. The number of sulfone groups is 1. The number of hydrogen-bond donors (Lipinski definition) is 1. The van der Waals surface area contributed by atoms with Crippen LogP contribution in [0.15, 0.2) is 0 Å². The Morgan fingerprint density at radius 1 is 1.25 bits per heavy atom. The van der Waals surface area contributed by atoms with Crippen molar-refractivity contribution in [2.45, 2.75) is 38.5 Å². The molecule has 0 aliphatic heterocycles. The molecule has 0 aromatic rings. The highest BCUT2D eigenvalue weighted by atomic mass is 32.2. The fourth-order valence-corrected chi connectivity index (χ4v) is 1.64. The van der Waals surface area contributed by atoms with E-state index in [1.54, 1.807) is 6.92 Å². The monoisotopic (exact) mass is 194 g/mol. The van der Waals surface area contributed by atoms with Crippen LogP contribution in [0.2, 0.25) is 0 Å². The van der Waals surface area contributed by atoms with Crippen LogP contribution in [0.5, 0.6) is 0 Å². The van der Waals surface area contributed by atoms with Crippen LogP contribution in [0.25, 0.3) is 0 Å². The largest absolute Gasteiger partial charge is 0.392 e. The molecule has 0 aliphatic carbocycles. The van der Waals surface area contributed by atoms with Gasteiger partial charge in [-0.25, -0.2) is 8.42 Å². The second-order valence-electron chi connectivity index (χ2n) is 3.73. The third kappa shape index (κ3) is 4.07. The maximum Gasteiger partial charge on any atom is 0.152 e. The van der Waals surface area contributed by atoms with E-state index < -0.39 is 21.2 Å². The molecule has 74 valence electrons. The van der Waals surface area contributed by atoms with Gasteiger partial charge in [-0.05, 0) is 19.3 Å². The SMILES string of the molecule is CC(C)CC(O)C(C)S(C)(=O)=O. The van der Waals surface area contributed by atoms with Crippen LogP contribution in [0.3, 0.4) is 0 Å². The lowest BCUT2D eigenvalue weighted by atomic mass is 10.0. The van der Waals surface area contributed by atoms with Gasteiger partial charge in [-0.1, -0.05) is 13.8 Å². The molecule has 1 N–H and O–H groups in total. The predicted octanol–water partition coefficient (Wildman–Crippen LogP) is 0.827. The van der Waals surface area contributed by atoms with Crippen molar-refractivity contribution in [1.29, 1.82) is 0 Å². The quantitative estimate of drug-likeness (QED) is 0.721. The summed E-state index contributed by atoms with van der Waals surface area (Å²) in [7, 11) is -3.10. The van der Waals surface area contributed by atoms with Crippen molar-refractivity contribution in [3.63, 3.8) is 0 Å². The number of aliphatic hydroxyl groups is 1. The van der Waals surface area contributed by atoms with Gasteiger partial charge in [0, 0.05) is 6.26 Å². The molecule has 0 fully saturated rings. The van der Waals surface area contributed by atoms with Crippen LogP contribution >= 0.6 is 0 Å². The number of rotatable bonds is 4. The molecule has 0 spiro atoms. The molecule has 0 saturated carbocycles. The van der Waals surface area contributed by atoms with Crippen molar-refractivity contribution in [3.8, 4) is 0 Å². The van der Waals surface area contributed by atoms with Crippen molar-refractivity contribution < 1.29 is 13.5 Å². The lowest BCUT2D eigenvalue weighted by Gasteiger charge is -2.18. The minimum atomic E-state index is -3.10. The summed E-state index contributed by atoms with van der Waals surface area (Å²) in [5.41, 5.74) is 0. The van der Waals surface area contributed by atoms with Crippen molar-refractivity contribution in [2.24, 2.45) is 5.92 Å². The van der Waals surface area contributed by atoms with E-state index >= 15 is 0 Å². The predicted molar refractivity (Wildman–Crippen MR) is 49.8 cm³/mol. The highest BCUT2D eigenvalue weighted by molar-refractivity contribution is 7.91. The molecular formula is C8H18O3S. The molecule has 3 nitrogen and oxygen atoms in total. The Bertz CT molecular complexity index is 218. The first kappa shape index (κ1) is 11.9. The number of hydrogen-bond acceptors (Lipinski definition) is 3. The van der Waals surface area contributed by atoms with Crippen LogP contribution in [-0.2, 0) is 9.84 Å². The molecule has 0 bridgehead atoms. The van der Waals surface area contributed by atoms with Crippen molar-refractivity contribution in [3.05, 3.63) is 0 Å². The second-order valence-corrected chi connectivity index (χ2v) is 6.13. The summed E-state index contributed by atoms with van der Waals surface area (Å²) in [6, 6.07) is 0. The second kappa shape index (κ2) is 4.23. The van der Waals surface area contributed by atoms with Gasteiger partial charge in [0.15, 0.2) is 9.84 Å². The van der Waals surface area contributed by atoms with E-state index in [2.05, 4.69) is 0 Å². The minimum absolute atomic E-state index is 0.323. The van der Waals surface area contributed by atoms with Crippen molar-refractivity contribution in [2.75, 3.05) is 6.26 Å². The summed E-state index contributed by atoms with van der Waals surface area (Å²) in [6.07, 6.45) is 0.954. The summed E-state index contributed by atoms with van der Waals surface area (Å²) in [5, 5.41) is 8.79. The van der Waals surface area contributed by atoms with Gasteiger partial charge in [-0.3, -0.25) is 0 Å². The van der Waals surface area contributed by atoms with E-state index in [1.165, 1.54) is 0 Å². The van der Waals surface area contributed by atoms with Crippen molar-refractivity contribution in [1.82, 2.24) is 0 Å². The van der Waals surface area contributed by atoms with Gasteiger partial charge in [0.2, 0.25) is 0 Å². The molecule has 0 aromatic heterocycles. The van der Waals surface area contributed by atoms with Gasteiger partial charge >= 0.3 is 0 Å². The highest BCUT2D eigenvalue weighted by Crippen LogP contribution is 2.12. The van der Waals surface area contributed by atoms with Crippen molar-refractivity contribution >= 4 is 9.84 Å².